The number of carbonyl (C=O) groups is 1. The van der Waals surface area contributed by atoms with E-state index in [0.29, 0.717) is 34.5 Å². The average molecular weight is 453 g/mol. The van der Waals surface area contributed by atoms with Gasteiger partial charge in [0.1, 0.15) is 10.8 Å². The Morgan fingerprint density at radius 2 is 1.81 bits per heavy atom. The van der Waals surface area contributed by atoms with Crippen LogP contribution in [0.2, 0.25) is 0 Å². The SMILES string of the molecule is COc1ccc(-c2nnc3ccc(SCC(=O)NCc4ccc(F)cc4)nn23)cc1OC. The van der Waals surface area contributed by atoms with Crippen molar-refractivity contribution in [1.29, 1.82) is 0 Å². The molecule has 0 fully saturated rings. The van der Waals surface area contributed by atoms with Gasteiger partial charge in [0.15, 0.2) is 23.0 Å². The number of rotatable bonds is 8. The van der Waals surface area contributed by atoms with Crippen molar-refractivity contribution in [3.05, 3.63) is 66.0 Å². The van der Waals surface area contributed by atoms with Gasteiger partial charge in [-0.1, -0.05) is 23.9 Å². The topological polar surface area (TPSA) is 90.6 Å². The number of hydrogen-bond acceptors (Lipinski definition) is 7. The van der Waals surface area contributed by atoms with Crippen LogP contribution in [0.3, 0.4) is 0 Å². The normalized spacial score (nSPS) is 10.8. The lowest BCUT2D eigenvalue weighted by Crippen LogP contribution is -2.24. The van der Waals surface area contributed by atoms with E-state index in [0.717, 1.165) is 11.1 Å². The summed E-state index contributed by atoms with van der Waals surface area (Å²) in [6, 6.07) is 15.0. The van der Waals surface area contributed by atoms with E-state index in [4.69, 9.17) is 9.47 Å². The van der Waals surface area contributed by atoms with Crippen LogP contribution in [0, 0.1) is 5.82 Å². The Morgan fingerprint density at radius 1 is 1.03 bits per heavy atom. The second-order valence-electron chi connectivity index (χ2n) is 6.73. The number of aromatic nitrogens is 4. The van der Waals surface area contributed by atoms with E-state index in [9.17, 15) is 9.18 Å². The van der Waals surface area contributed by atoms with Crippen molar-refractivity contribution in [3.63, 3.8) is 0 Å². The van der Waals surface area contributed by atoms with E-state index >= 15 is 0 Å². The molecule has 2 aromatic heterocycles. The Hall–Kier alpha value is -3.66. The Morgan fingerprint density at radius 3 is 2.56 bits per heavy atom. The van der Waals surface area contributed by atoms with Crippen LogP contribution in [0.4, 0.5) is 4.39 Å². The van der Waals surface area contributed by atoms with E-state index in [-0.39, 0.29) is 17.5 Å². The lowest BCUT2D eigenvalue weighted by molar-refractivity contribution is -0.118. The van der Waals surface area contributed by atoms with E-state index in [1.165, 1.54) is 23.9 Å². The van der Waals surface area contributed by atoms with Crippen LogP contribution in [0.25, 0.3) is 17.0 Å². The third-order valence-electron chi connectivity index (χ3n) is 4.63. The van der Waals surface area contributed by atoms with Crippen LogP contribution in [0.5, 0.6) is 11.5 Å². The molecule has 1 amide bonds. The van der Waals surface area contributed by atoms with Gasteiger partial charge in [0.05, 0.1) is 20.0 Å². The number of nitrogens with zero attached hydrogens (tertiary/aromatic N) is 4. The summed E-state index contributed by atoms with van der Waals surface area (Å²) in [5.74, 6) is 1.46. The summed E-state index contributed by atoms with van der Waals surface area (Å²) in [6.07, 6.45) is 0. The van der Waals surface area contributed by atoms with Gasteiger partial charge < -0.3 is 14.8 Å². The molecule has 4 aromatic rings. The molecule has 0 saturated carbocycles. The van der Waals surface area contributed by atoms with Crippen LogP contribution >= 0.6 is 11.8 Å². The van der Waals surface area contributed by atoms with Gasteiger partial charge in [0, 0.05) is 12.1 Å². The second-order valence-corrected chi connectivity index (χ2v) is 7.72. The lowest BCUT2D eigenvalue weighted by atomic mass is 10.2. The second kappa shape index (κ2) is 9.65. The number of ether oxygens (including phenoxy) is 2. The maximum Gasteiger partial charge on any atom is 0.230 e. The van der Waals surface area contributed by atoms with Crippen LogP contribution in [0.1, 0.15) is 5.56 Å². The smallest absolute Gasteiger partial charge is 0.230 e. The fraction of sp³-hybridized carbons (Fsp3) is 0.182. The molecule has 2 aromatic carbocycles. The van der Waals surface area contributed by atoms with Crippen LogP contribution in [0.15, 0.2) is 59.6 Å². The number of nitrogens with one attached hydrogen (secondary N) is 1. The molecule has 0 aliphatic carbocycles. The number of methoxy groups -OCH3 is 2. The van der Waals surface area contributed by atoms with E-state index < -0.39 is 0 Å². The van der Waals surface area contributed by atoms with Crippen LogP contribution in [-0.2, 0) is 11.3 Å². The Balaban J connectivity index is 1.45. The number of fused-ring (bicyclic) bond motifs is 1. The molecular weight excluding hydrogens is 433 g/mol. The molecule has 0 unspecified atom stereocenters. The highest BCUT2D eigenvalue weighted by Gasteiger charge is 2.14. The first-order chi connectivity index (χ1) is 15.6. The summed E-state index contributed by atoms with van der Waals surface area (Å²) in [6.45, 7) is 0.334. The van der Waals surface area contributed by atoms with Crippen molar-refractivity contribution in [2.24, 2.45) is 0 Å². The highest BCUT2D eigenvalue weighted by molar-refractivity contribution is 7.99. The number of amides is 1. The van der Waals surface area contributed by atoms with Crippen molar-refractivity contribution in [2.45, 2.75) is 11.6 Å². The standard InChI is InChI=1S/C22H20FN5O3S/c1-30-17-8-5-15(11-18(17)31-2)22-26-25-19-9-10-21(27-28(19)22)32-13-20(29)24-12-14-3-6-16(23)7-4-14/h3-11H,12-13H2,1-2H3,(H,24,29). The molecule has 0 bridgehead atoms. The predicted molar refractivity (Wildman–Crippen MR) is 118 cm³/mol. The molecule has 164 valence electrons. The molecule has 32 heavy (non-hydrogen) atoms. The summed E-state index contributed by atoms with van der Waals surface area (Å²) < 4.78 is 25.2. The molecule has 0 atom stereocenters. The minimum absolute atomic E-state index is 0.148. The molecule has 2 heterocycles. The number of halogens is 1. The molecule has 0 radical (unpaired) electrons. The zero-order valence-corrected chi connectivity index (χ0v) is 18.2. The zero-order chi connectivity index (χ0) is 22.5. The fourth-order valence-corrected chi connectivity index (χ4v) is 3.68. The van der Waals surface area contributed by atoms with E-state index in [1.807, 2.05) is 6.07 Å². The minimum atomic E-state index is -0.307. The van der Waals surface area contributed by atoms with Gasteiger partial charge in [-0.15, -0.1) is 10.2 Å². The highest BCUT2D eigenvalue weighted by atomic mass is 32.2. The molecule has 1 N–H and O–H groups in total. The van der Waals surface area contributed by atoms with Gasteiger partial charge in [-0.05, 0) is 48.0 Å². The van der Waals surface area contributed by atoms with Gasteiger partial charge in [-0.25, -0.2) is 4.39 Å². The van der Waals surface area contributed by atoms with Crippen molar-refractivity contribution in [2.75, 3.05) is 20.0 Å². The average Bonchev–Trinajstić information content (AvgIpc) is 3.25. The molecule has 0 saturated heterocycles. The predicted octanol–water partition coefficient (Wildman–Crippen LogP) is 3.36. The van der Waals surface area contributed by atoms with E-state index in [1.54, 1.807) is 55.1 Å². The Bertz CT molecular complexity index is 1250. The van der Waals surface area contributed by atoms with Gasteiger partial charge in [-0.2, -0.15) is 9.61 Å². The largest absolute Gasteiger partial charge is 0.493 e. The summed E-state index contributed by atoms with van der Waals surface area (Å²) >= 11 is 1.30. The third kappa shape index (κ3) is 4.80. The minimum Gasteiger partial charge on any atom is -0.493 e. The van der Waals surface area contributed by atoms with Crippen molar-refractivity contribution < 1.29 is 18.7 Å². The van der Waals surface area contributed by atoms with Crippen molar-refractivity contribution >= 4 is 23.3 Å². The number of hydrogen-bond donors (Lipinski definition) is 1. The van der Waals surface area contributed by atoms with Crippen LogP contribution < -0.4 is 14.8 Å². The molecule has 0 spiro atoms. The first kappa shape index (κ1) is 21.6. The number of carbonyl (C=O) groups excluding carboxylic acids is 1. The first-order valence-corrected chi connectivity index (χ1v) is 10.6. The summed E-state index contributed by atoms with van der Waals surface area (Å²) in [5.41, 5.74) is 2.18. The number of thioether (sulfide) groups is 1. The van der Waals surface area contributed by atoms with Crippen LogP contribution in [-0.4, -0.2) is 45.7 Å². The molecular formula is C22H20FN5O3S. The Labute approximate surface area is 187 Å². The Kier molecular flexibility index (Phi) is 6.50. The quantitative estimate of drug-likeness (QED) is 0.409. The molecule has 10 heteroatoms. The van der Waals surface area contributed by atoms with Crippen molar-refractivity contribution in [1.82, 2.24) is 25.1 Å². The summed E-state index contributed by atoms with van der Waals surface area (Å²) in [5, 5.41) is 16.4. The molecule has 0 aliphatic heterocycles. The maximum atomic E-state index is 13.0. The first-order valence-electron chi connectivity index (χ1n) is 9.66. The van der Waals surface area contributed by atoms with Gasteiger partial charge >= 0.3 is 0 Å². The molecule has 0 aliphatic rings. The number of benzene rings is 2. The highest BCUT2D eigenvalue weighted by Crippen LogP contribution is 2.31. The third-order valence-corrected chi connectivity index (χ3v) is 5.55. The lowest BCUT2D eigenvalue weighted by Gasteiger charge is -2.09. The van der Waals surface area contributed by atoms with E-state index in [2.05, 4.69) is 20.6 Å². The zero-order valence-electron chi connectivity index (χ0n) is 17.4. The fourth-order valence-electron chi connectivity index (χ4n) is 3.00. The molecule has 8 nitrogen and oxygen atoms in total. The van der Waals surface area contributed by atoms with Gasteiger partial charge in [0.2, 0.25) is 5.91 Å². The summed E-state index contributed by atoms with van der Waals surface area (Å²) in [4.78, 5) is 12.2. The maximum absolute atomic E-state index is 13.0. The van der Waals surface area contributed by atoms with Gasteiger partial charge in [-0.3, -0.25) is 4.79 Å². The van der Waals surface area contributed by atoms with Crippen molar-refractivity contribution in [3.8, 4) is 22.9 Å². The molecule has 4 rings (SSSR count). The monoisotopic (exact) mass is 453 g/mol. The summed E-state index contributed by atoms with van der Waals surface area (Å²) in [7, 11) is 3.14. The van der Waals surface area contributed by atoms with Gasteiger partial charge in [0.25, 0.3) is 0 Å².